The van der Waals surface area contributed by atoms with Gasteiger partial charge in [-0.25, -0.2) is 4.39 Å². The maximum Gasteiger partial charge on any atom is 0.227 e. The Bertz CT molecular complexity index is 789. The molecule has 3 nitrogen and oxygen atoms in total. The van der Waals surface area contributed by atoms with E-state index < -0.39 is 0 Å². The Labute approximate surface area is 147 Å². The van der Waals surface area contributed by atoms with Crippen molar-refractivity contribution >= 4 is 5.91 Å². The Morgan fingerprint density at radius 3 is 2.92 bits per heavy atom. The summed E-state index contributed by atoms with van der Waals surface area (Å²) in [5.41, 5.74) is 4.76. The minimum Gasteiger partial charge on any atom is -0.333 e. The number of aryl methyl sites for hydroxylation is 2. The molecule has 25 heavy (non-hydrogen) atoms. The standard InChI is InChI=1S/C21H23FN2O/c22-19-6-2-5-18(13-19)20-14-23-9-10-24(20)21(25)12-15-7-8-16-3-1-4-17(16)11-15/h2,5-8,11,13,20,23H,1,3-4,9-10,12,14H2. The summed E-state index contributed by atoms with van der Waals surface area (Å²) in [5, 5.41) is 3.32. The molecule has 2 aromatic rings. The van der Waals surface area contributed by atoms with Crippen LogP contribution < -0.4 is 5.32 Å². The number of hydrogen-bond donors (Lipinski definition) is 1. The van der Waals surface area contributed by atoms with E-state index in [0.29, 0.717) is 19.5 Å². The fourth-order valence-electron chi connectivity index (χ4n) is 4.03. The van der Waals surface area contributed by atoms with Gasteiger partial charge in [-0.1, -0.05) is 30.3 Å². The fraction of sp³-hybridized carbons (Fsp3) is 0.381. The highest BCUT2D eigenvalue weighted by Gasteiger charge is 2.28. The lowest BCUT2D eigenvalue weighted by Gasteiger charge is -2.36. The molecule has 0 spiro atoms. The first-order chi connectivity index (χ1) is 12.2. The lowest BCUT2D eigenvalue weighted by atomic mass is 10.0. The van der Waals surface area contributed by atoms with Crippen molar-refractivity contribution in [2.45, 2.75) is 31.7 Å². The molecule has 1 unspecified atom stereocenters. The van der Waals surface area contributed by atoms with Crippen molar-refractivity contribution in [3.8, 4) is 0 Å². The van der Waals surface area contributed by atoms with E-state index in [2.05, 4.69) is 23.5 Å². The van der Waals surface area contributed by atoms with Crippen LogP contribution in [0.15, 0.2) is 42.5 Å². The van der Waals surface area contributed by atoms with Crippen molar-refractivity contribution in [1.82, 2.24) is 10.2 Å². The number of halogens is 1. The minimum absolute atomic E-state index is 0.105. The van der Waals surface area contributed by atoms with Crippen molar-refractivity contribution < 1.29 is 9.18 Å². The molecule has 2 aromatic carbocycles. The quantitative estimate of drug-likeness (QED) is 0.933. The Morgan fingerprint density at radius 1 is 1.16 bits per heavy atom. The lowest BCUT2D eigenvalue weighted by Crippen LogP contribution is -2.49. The Hall–Kier alpha value is -2.20. The number of rotatable bonds is 3. The molecule has 2 aliphatic rings. The molecule has 0 bridgehead atoms. The number of fused-ring (bicyclic) bond motifs is 1. The van der Waals surface area contributed by atoms with E-state index in [1.165, 1.54) is 29.7 Å². The number of amides is 1. The van der Waals surface area contributed by atoms with Crippen LogP contribution in [-0.4, -0.2) is 30.4 Å². The highest BCUT2D eigenvalue weighted by atomic mass is 19.1. The van der Waals surface area contributed by atoms with Crippen LogP contribution in [-0.2, 0) is 24.1 Å². The summed E-state index contributed by atoms with van der Waals surface area (Å²) in [6.45, 7) is 2.10. The minimum atomic E-state index is -0.255. The zero-order chi connectivity index (χ0) is 17.2. The average Bonchev–Trinajstić information content (AvgIpc) is 3.09. The summed E-state index contributed by atoms with van der Waals surface area (Å²) < 4.78 is 13.6. The van der Waals surface area contributed by atoms with Gasteiger partial charge in [0, 0.05) is 19.6 Å². The van der Waals surface area contributed by atoms with Crippen LogP contribution in [0, 0.1) is 5.82 Å². The molecular weight excluding hydrogens is 315 g/mol. The molecule has 4 heteroatoms. The van der Waals surface area contributed by atoms with Gasteiger partial charge in [-0.3, -0.25) is 4.79 Å². The van der Waals surface area contributed by atoms with Crippen molar-refractivity contribution in [3.63, 3.8) is 0 Å². The first-order valence-electron chi connectivity index (χ1n) is 9.07. The molecule has 0 radical (unpaired) electrons. The Kier molecular flexibility index (Phi) is 4.53. The third-order valence-electron chi connectivity index (χ3n) is 5.32. The van der Waals surface area contributed by atoms with Crippen LogP contribution >= 0.6 is 0 Å². The fourth-order valence-corrected chi connectivity index (χ4v) is 4.03. The number of nitrogens with one attached hydrogen (secondary N) is 1. The molecule has 1 saturated heterocycles. The zero-order valence-electron chi connectivity index (χ0n) is 14.3. The smallest absolute Gasteiger partial charge is 0.227 e. The van der Waals surface area contributed by atoms with Crippen LogP contribution in [0.5, 0.6) is 0 Å². The van der Waals surface area contributed by atoms with E-state index >= 15 is 0 Å². The third kappa shape index (κ3) is 3.45. The second kappa shape index (κ2) is 6.96. The van der Waals surface area contributed by atoms with E-state index in [9.17, 15) is 9.18 Å². The molecular formula is C21H23FN2O. The number of carbonyl (C=O) groups is 1. The molecule has 1 fully saturated rings. The number of piperazine rings is 1. The summed E-state index contributed by atoms with van der Waals surface area (Å²) in [6.07, 6.45) is 3.91. The maximum absolute atomic E-state index is 13.6. The van der Waals surface area contributed by atoms with Crippen LogP contribution in [0.3, 0.4) is 0 Å². The van der Waals surface area contributed by atoms with Gasteiger partial charge >= 0.3 is 0 Å². The van der Waals surface area contributed by atoms with Crippen LogP contribution in [0.2, 0.25) is 0 Å². The molecule has 0 saturated carbocycles. The molecule has 1 N–H and O–H groups in total. The van der Waals surface area contributed by atoms with Crippen molar-refractivity contribution in [2.75, 3.05) is 19.6 Å². The zero-order valence-corrected chi connectivity index (χ0v) is 14.3. The molecule has 1 aliphatic heterocycles. The summed E-state index contributed by atoms with van der Waals surface area (Å²) in [7, 11) is 0. The first-order valence-corrected chi connectivity index (χ1v) is 9.07. The number of carbonyl (C=O) groups excluding carboxylic acids is 1. The monoisotopic (exact) mass is 338 g/mol. The molecule has 1 heterocycles. The Balaban J connectivity index is 1.53. The highest BCUT2D eigenvalue weighted by molar-refractivity contribution is 5.79. The van der Waals surface area contributed by atoms with E-state index in [1.54, 1.807) is 6.07 Å². The molecule has 1 aliphatic carbocycles. The lowest BCUT2D eigenvalue weighted by molar-refractivity contribution is -0.133. The largest absolute Gasteiger partial charge is 0.333 e. The van der Waals surface area contributed by atoms with Gasteiger partial charge in [0.1, 0.15) is 5.82 Å². The van der Waals surface area contributed by atoms with Crippen molar-refractivity contribution in [3.05, 3.63) is 70.5 Å². The van der Waals surface area contributed by atoms with Gasteiger partial charge in [-0.15, -0.1) is 0 Å². The topological polar surface area (TPSA) is 32.3 Å². The van der Waals surface area contributed by atoms with Crippen LogP contribution in [0.1, 0.15) is 34.7 Å². The molecule has 1 atom stereocenters. The molecule has 4 rings (SSSR count). The highest BCUT2D eigenvalue weighted by Crippen LogP contribution is 2.26. The second-order valence-electron chi connectivity index (χ2n) is 7.00. The molecule has 130 valence electrons. The van der Waals surface area contributed by atoms with Gasteiger partial charge in [0.15, 0.2) is 0 Å². The van der Waals surface area contributed by atoms with Gasteiger partial charge in [-0.05, 0) is 53.6 Å². The number of nitrogens with zero attached hydrogens (tertiary/aromatic N) is 1. The van der Waals surface area contributed by atoms with Crippen LogP contribution in [0.25, 0.3) is 0 Å². The van der Waals surface area contributed by atoms with E-state index in [4.69, 9.17) is 0 Å². The Morgan fingerprint density at radius 2 is 2.04 bits per heavy atom. The maximum atomic E-state index is 13.6. The second-order valence-corrected chi connectivity index (χ2v) is 7.00. The van der Waals surface area contributed by atoms with Gasteiger partial charge in [-0.2, -0.15) is 0 Å². The van der Waals surface area contributed by atoms with Crippen molar-refractivity contribution in [1.29, 1.82) is 0 Å². The number of benzene rings is 2. The van der Waals surface area contributed by atoms with Gasteiger partial charge in [0.2, 0.25) is 5.91 Å². The van der Waals surface area contributed by atoms with E-state index in [0.717, 1.165) is 30.5 Å². The van der Waals surface area contributed by atoms with Gasteiger partial charge < -0.3 is 10.2 Å². The predicted octanol–water partition coefficient (Wildman–Crippen LogP) is 3.03. The van der Waals surface area contributed by atoms with E-state index in [-0.39, 0.29) is 17.8 Å². The third-order valence-corrected chi connectivity index (χ3v) is 5.32. The summed E-state index contributed by atoms with van der Waals surface area (Å²) >= 11 is 0. The average molecular weight is 338 g/mol. The summed E-state index contributed by atoms with van der Waals surface area (Å²) in [6, 6.07) is 12.9. The van der Waals surface area contributed by atoms with Crippen LogP contribution in [0.4, 0.5) is 4.39 Å². The van der Waals surface area contributed by atoms with Gasteiger partial charge in [0.05, 0.1) is 12.5 Å². The summed E-state index contributed by atoms with van der Waals surface area (Å²) in [5.74, 6) is -0.136. The van der Waals surface area contributed by atoms with Gasteiger partial charge in [0.25, 0.3) is 0 Å². The normalized spacial score (nSPS) is 19.7. The van der Waals surface area contributed by atoms with Crippen molar-refractivity contribution in [2.24, 2.45) is 0 Å². The first kappa shape index (κ1) is 16.3. The molecule has 0 aromatic heterocycles. The number of hydrogen-bond acceptors (Lipinski definition) is 2. The SMILES string of the molecule is O=C(Cc1ccc2c(c1)CCC2)N1CCNCC1c1cccc(F)c1. The predicted molar refractivity (Wildman–Crippen MR) is 95.9 cm³/mol. The summed E-state index contributed by atoms with van der Waals surface area (Å²) in [4.78, 5) is 14.8. The van der Waals surface area contributed by atoms with E-state index in [1.807, 2.05) is 11.0 Å². The molecule has 1 amide bonds.